The van der Waals surface area contributed by atoms with Crippen LogP contribution in [0, 0.1) is 0 Å². The second kappa shape index (κ2) is 10.7. The Bertz CT molecular complexity index is 1130. The van der Waals surface area contributed by atoms with E-state index >= 15 is 0 Å². The lowest BCUT2D eigenvalue weighted by atomic mass is 10.1. The molecule has 0 radical (unpaired) electrons. The zero-order chi connectivity index (χ0) is 23.3. The lowest BCUT2D eigenvalue weighted by Gasteiger charge is -2.25. The van der Waals surface area contributed by atoms with Gasteiger partial charge in [0.2, 0.25) is 0 Å². The normalized spacial score (nSPS) is 10.5. The molecule has 0 atom stereocenters. The van der Waals surface area contributed by atoms with Crippen LogP contribution in [0.15, 0.2) is 60.7 Å². The molecule has 0 fully saturated rings. The first-order valence-electron chi connectivity index (χ1n) is 9.70. The number of ether oxygens (including phenoxy) is 2. The van der Waals surface area contributed by atoms with Crippen LogP contribution in [-0.4, -0.2) is 25.6 Å². The van der Waals surface area contributed by atoms with Gasteiger partial charge in [0, 0.05) is 20.8 Å². The second-order valence-electron chi connectivity index (χ2n) is 6.74. The number of amides is 1. The zero-order valence-electron chi connectivity index (χ0n) is 17.4. The molecule has 1 amide bonds. The molecule has 0 aromatic heterocycles. The van der Waals surface area contributed by atoms with E-state index in [1.165, 1.54) is 12.0 Å². The van der Waals surface area contributed by atoms with Gasteiger partial charge in [0.05, 0.1) is 31.4 Å². The number of hydrogen-bond donors (Lipinski definition) is 0. The number of carbonyl (C=O) groups excluding carboxylic acids is 2. The summed E-state index contributed by atoms with van der Waals surface area (Å²) in [6.07, 6.45) is 0. The summed E-state index contributed by atoms with van der Waals surface area (Å²) in [5.74, 6) is -0.400. The molecular formula is C24H20Cl3NO4. The van der Waals surface area contributed by atoms with Crippen LogP contribution in [-0.2, 0) is 11.3 Å². The summed E-state index contributed by atoms with van der Waals surface area (Å²) in [5.41, 5.74) is 1.92. The maximum atomic E-state index is 13.6. The van der Waals surface area contributed by atoms with Crippen molar-refractivity contribution in [2.45, 2.75) is 13.5 Å². The van der Waals surface area contributed by atoms with E-state index in [9.17, 15) is 9.59 Å². The Morgan fingerprint density at radius 3 is 2.19 bits per heavy atom. The van der Waals surface area contributed by atoms with Gasteiger partial charge in [0.15, 0.2) is 0 Å². The average molecular weight is 493 g/mol. The molecule has 0 heterocycles. The molecular weight excluding hydrogens is 473 g/mol. The topological polar surface area (TPSA) is 55.8 Å². The number of hydrogen-bond acceptors (Lipinski definition) is 4. The molecule has 0 saturated heterocycles. The van der Waals surface area contributed by atoms with Gasteiger partial charge in [-0.25, -0.2) is 4.79 Å². The molecule has 8 heteroatoms. The van der Waals surface area contributed by atoms with Crippen LogP contribution < -0.4 is 9.64 Å². The monoisotopic (exact) mass is 491 g/mol. The Labute approximate surface area is 201 Å². The Kier molecular flexibility index (Phi) is 8.02. The van der Waals surface area contributed by atoms with Gasteiger partial charge in [-0.05, 0) is 67.1 Å². The van der Waals surface area contributed by atoms with Gasteiger partial charge in [0.1, 0.15) is 5.75 Å². The Morgan fingerprint density at radius 2 is 1.56 bits per heavy atom. The SMILES string of the molecule is CCOC(=O)c1ccc(N(Cc2ccc(Cl)cc2Cl)C(=O)c2cc(Cl)ccc2OC)cc1. The minimum Gasteiger partial charge on any atom is -0.496 e. The number of anilines is 1. The highest BCUT2D eigenvalue weighted by Gasteiger charge is 2.23. The number of carbonyl (C=O) groups is 2. The number of halogens is 3. The van der Waals surface area contributed by atoms with Gasteiger partial charge >= 0.3 is 5.97 Å². The lowest BCUT2D eigenvalue weighted by molar-refractivity contribution is 0.0526. The molecule has 0 spiro atoms. The first-order chi connectivity index (χ1) is 15.3. The van der Waals surface area contributed by atoms with E-state index in [1.54, 1.807) is 67.6 Å². The van der Waals surface area contributed by atoms with Gasteiger partial charge in [-0.2, -0.15) is 0 Å². The third kappa shape index (κ3) is 5.54. The molecule has 0 aliphatic rings. The molecule has 3 aromatic rings. The van der Waals surface area contributed by atoms with Gasteiger partial charge in [-0.15, -0.1) is 0 Å². The van der Waals surface area contributed by atoms with Crippen LogP contribution in [0.5, 0.6) is 5.75 Å². The summed E-state index contributed by atoms with van der Waals surface area (Å²) >= 11 is 18.5. The summed E-state index contributed by atoms with van der Waals surface area (Å²) in [5, 5.41) is 1.32. The molecule has 0 aliphatic carbocycles. The number of benzene rings is 3. The molecule has 0 unspecified atom stereocenters. The first kappa shape index (κ1) is 23.9. The van der Waals surface area contributed by atoms with Crippen molar-refractivity contribution in [2.75, 3.05) is 18.6 Å². The summed E-state index contributed by atoms with van der Waals surface area (Å²) < 4.78 is 10.4. The number of nitrogens with zero attached hydrogens (tertiary/aromatic N) is 1. The van der Waals surface area contributed by atoms with E-state index < -0.39 is 5.97 Å². The van der Waals surface area contributed by atoms with Crippen LogP contribution in [0.1, 0.15) is 33.2 Å². The van der Waals surface area contributed by atoms with Crippen molar-refractivity contribution < 1.29 is 19.1 Å². The standard InChI is InChI=1S/C24H20Cl3NO4/c1-3-32-24(30)15-5-9-19(10-6-15)28(14-16-4-7-18(26)13-21(16)27)23(29)20-12-17(25)8-11-22(20)31-2/h4-13H,3,14H2,1-2H3. The van der Waals surface area contributed by atoms with Crippen molar-refractivity contribution in [3.8, 4) is 5.75 Å². The number of methoxy groups -OCH3 is 1. The highest BCUT2D eigenvalue weighted by molar-refractivity contribution is 6.35. The molecule has 3 rings (SSSR count). The third-order valence-corrected chi connectivity index (χ3v) is 5.49. The van der Waals surface area contributed by atoms with E-state index in [-0.39, 0.29) is 19.1 Å². The van der Waals surface area contributed by atoms with Crippen molar-refractivity contribution in [3.05, 3.63) is 92.4 Å². The minimum absolute atomic E-state index is 0.156. The molecule has 166 valence electrons. The number of esters is 1. The molecule has 0 saturated carbocycles. The summed E-state index contributed by atoms with van der Waals surface area (Å²) in [6, 6.07) is 16.5. The summed E-state index contributed by atoms with van der Waals surface area (Å²) in [6.45, 7) is 2.17. The lowest BCUT2D eigenvalue weighted by Crippen LogP contribution is -2.31. The van der Waals surface area contributed by atoms with Gasteiger partial charge in [-0.1, -0.05) is 40.9 Å². The zero-order valence-corrected chi connectivity index (χ0v) is 19.7. The van der Waals surface area contributed by atoms with Gasteiger partial charge in [0.25, 0.3) is 5.91 Å². The van der Waals surface area contributed by atoms with Crippen LogP contribution in [0.2, 0.25) is 15.1 Å². The van der Waals surface area contributed by atoms with Gasteiger partial charge in [-0.3, -0.25) is 4.79 Å². The van der Waals surface area contributed by atoms with Crippen LogP contribution in [0.4, 0.5) is 5.69 Å². The predicted octanol–water partition coefficient (Wildman–Crippen LogP) is 6.68. The van der Waals surface area contributed by atoms with E-state index in [0.29, 0.717) is 43.2 Å². The molecule has 0 N–H and O–H groups in total. The van der Waals surface area contributed by atoms with E-state index in [2.05, 4.69) is 0 Å². The maximum absolute atomic E-state index is 13.6. The van der Waals surface area contributed by atoms with Crippen molar-refractivity contribution >= 4 is 52.4 Å². The fraction of sp³-hybridized carbons (Fsp3) is 0.167. The van der Waals surface area contributed by atoms with Crippen LogP contribution in [0.25, 0.3) is 0 Å². The first-order valence-corrected chi connectivity index (χ1v) is 10.8. The highest BCUT2D eigenvalue weighted by Crippen LogP contribution is 2.30. The fourth-order valence-corrected chi connectivity index (χ4v) is 3.73. The highest BCUT2D eigenvalue weighted by atomic mass is 35.5. The van der Waals surface area contributed by atoms with Crippen molar-refractivity contribution in [1.82, 2.24) is 0 Å². The van der Waals surface area contributed by atoms with Gasteiger partial charge < -0.3 is 14.4 Å². The maximum Gasteiger partial charge on any atom is 0.338 e. The number of rotatable bonds is 7. The Hall–Kier alpha value is -2.73. The predicted molar refractivity (Wildman–Crippen MR) is 127 cm³/mol. The fourth-order valence-electron chi connectivity index (χ4n) is 3.09. The largest absolute Gasteiger partial charge is 0.496 e. The van der Waals surface area contributed by atoms with Crippen molar-refractivity contribution in [3.63, 3.8) is 0 Å². The quantitative estimate of drug-likeness (QED) is 0.345. The smallest absolute Gasteiger partial charge is 0.338 e. The molecule has 3 aromatic carbocycles. The van der Waals surface area contributed by atoms with E-state index in [0.717, 1.165) is 0 Å². The average Bonchev–Trinajstić information content (AvgIpc) is 2.78. The molecule has 0 bridgehead atoms. The van der Waals surface area contributed by atoms with E-state index in [4.69, 9.17) is 44.3 Å². The van der Waals surface area contributed by atoms with Crippen molar-refractivity contribution in [2.24, 2.45) is 0 Å². The summed E-state index contributed by atoms with van der Waals surface area (Å²) in [4.78, 5) is 27.1. The Balaban J connectivity index is 2.04. The second-order valence-corrected chi connectivity index (χ2v) is 8.02. The third-order valence-electron chi connectivity index (χ3n) is 4.67. The molecule has 5 nitrogen and oxygen atoms in total. The Morgan fingerprint density at radius 1 is 0.906 bits per heavy atom. The minimum atomic E-state index is -0.436. The van der Waals surface area contributed by atoms with Crippen molar-refractivity contribution in [1.29, 1.82) is 0 Å². The molecule has 32 heavy (non-hydrogen) atoms. The summed E-state index contributed by atoms with van der Waals surface area (Å²) in [7, 11) is 1.48. The van der Waals surface area contributed by atoms with E-state index in [1.807, 2.05) is 0 Å². The molecule has 0 aliphatic heterocycles. The van der Waals surface area contributed by atoms with Crippen LogP contribution >= 0.6 is 34.8 Å². The van der Waals surface area contributed by atoms with Crippen LogP contribution in [0.3, 0.4) is 0 Å².